The molecule has 2 aromatic rings. The summed E-state index contributed by atoms with van der Waals surface area (Å²) in [5.74, 6) is 0. The van der Waals surface area contributed by atoms with E-state index in [-0.39, 0.29) is 17.6 Å². The van der Waals surface area contributed by atoms with Crippen molar-refractivity contribution in [1.29, 1.82) is 0 Å². The molecule has 0 atom stereocenters. The van der Waals surface area contributed by atoms with E-state index >= 15 is 0 Å². The first-order valence-corrected chi connectivity index (χ1v) is 24.7. The van der Waals surface area contributed by atoms with Gasteiger partial charge in [-0.2, -0.15) is 0 Å². The molecule has 0 amide bonds. The zero-order chi connectivity index (χ0) is 23.5. The first kappa shape index (κ1) is 33.0. The summed E-state index contributed by atoms with van der Waals surface area (Å²) in [5, 5.41) is 3.03. The maximum atomic E-state index is 2.38. The van der Waals surface area contributed by atoms with Crippen molar-refractivity contribution in [1.82, 2.24) is 0 Å². The molecule has 4 heteroatoms. The molecule has 29 heavy (non-hydrogen) atoms. The van der Waals surface area contributed by atoms with Crippen LogP contribution < -0.4 is 10.4 Å². The summed E-state index contributed by atoms with van der Waals surface area (Å²) < 4.78 is 0. The summed E-state index contributed by atoms with van der Waals surface area (Å²) in [7, 11) is -1.81. The fourth-order valence-corrected chi connectivity index (χ4v) is 3.66. The topological polar surface area (TPSA) is 0 Å². The second-order valence-electron chi connectivity index (χ2n) is 10.0. The largest absolute Gasteiger partial charge is 0.0997 e. The van der Waals surface area contributed by atoms with E-state index in [1.54, 1.807) is 0 Å². The first-order chi connectivity index (χ1) is 13.3. The number of hydrogen-bond acceptors (Lipinski definition) is 0. The van der Waals surface area contributed by atoms with E-state index in [0.717, 1.165) is 0 Å². The molecule has 0 bridgehead atoms. The van der Waals surface area contributed by atoms with Gasteiger partial charge in [-0.25, -0.2) is 0 Å². The van der Waals surface area contributed by atoms with E-state index in [0.29, 0.717) is 0 Å². The van der Waals surface area contributed by atoms with Crippen molar-refractivity contribution in [2.75, 3.05) is 0 Å². The normalized spacial score (nSPS) is 9.79. The Labute approximate surface area is 191 Å². The average molecular weight is 465 g/mol. The van der Waals surface area contributed by atoms with E-state index in [2.05, 4.69) is 133 Å². The highest BCUT2D eigenvalue weighted by atomic mass is 28.3. The van der Waals surface area contributed by atoms with E-state index in [9.17, 15) is 0 Å². The predicted octanol–water partition coefficient (Wildman–Crippen LogP) is 6.84. The van der Waals surface area contributed by atoms with Crippen molar-refractivity contribution in [3.8, 4) is 0 Å². The summed E-state index contributed by atoms with van der Waals surface area (Å²) in [6, 6.07) is 21.6. The van der Waals surface area contributed by atoms with Crippen LogP contribution in [0.15, 0.2) is 60.7 Å². The SMILES string of the molecule is CC.C[SiH](C)C.C[SiH](C)C.C[SiH](c1ccccc1)c1ccccc1.C[Si](C)(C)C. The molecule has 2 rings (SSSR count). The van der Waals surface area contributed by atoms with Crippen LogP contribution in [0, 0.1) is 0 Å². The highest BCUT2D eigenvalue weighted by molar-refractivity contribution is 6.84. The van der Waals surface area contributed by atoms with Gasteiger partial charge in [0, 0.05) is 25.7 Å². The Morgan fingerprint density at radius 1 is 0.483 bits per heavy atom. The first-order valence-electron chi connectivity index (χ1n) is 11.4. The molecule has 0 aliphatic heterocycles. The minimum Gasteiger partial charge on any atom is -0.0724 e. The van der Waals surface area contributed by atoms with Crippen molar-refractivity contribution in [3.63, 3.8) is 0 Å². The monoisotopic (exact) mass is 464 g/mol. The molecule has 0 N–H and O–H groups in total. The van der Waals surface area contributed by atoms with Gasteiger partial charge in [0.25, 0.3) is 0 Å². The Morgan fingerprint density at radius 2 is 0.655 bits per heavy atom. The van der Waals surface area contributed by atoms with Gasteiger partial charge < -0.3 is 0 Å². The zero-order valence-corrected chi connectivity index (χ0v) is 26.5. The predicted molar refractivity (Wildman–Crippen MR) is 155 cm³/mol. The Balaban J connectivity index is -0.000000375. The van der Waals surface area contributed by atoms with Crippen LogP contribution in [0.5, 0.6) is 0 Å². The molecule has 0 saturated carbocycles. The molecular formula is C25H52Si4. The van der Waals surface area contributed by atoms with Crippen LogP contribution in [0.2, 0.25) is 72.0 Å². The second kappa shape index (κ2) is 20.6. The van der Waals surface area contributed by atoms with Gasteiger partial charge in [-0.15, -0.1) is 0 Å². The summed E-state index contributed by atoms with van der Waals surface area (Å²) in [5.41, 5.74) is 0. The molecule has 0 spiro atoms. The minimum atomic E-state index is -0.919. The highest BCUT2D eigenvalue weighted by Crippen LogP contribution is 1.94. The molecule has 0 nitrogen and oxygen atoms in total. The lowest BCUT2D eigenvalue weighted by Crippen LogP contribution is -2.38. The van der Waals surface area contributed by atoms with Crippen molar-refractivity contribution in [3.05, 3.63) is 60.7 Å². The minimum absolute atomic E-state index is 0.139. The lowest BCUT2D eigenvalue weighted by Gasteiger charge is -2.09. The van der Waals surface area contributed by atoms with Gasteiger partial charge in [0.1, 0.15) is 0 Å². The van der Waals surface area contributed by atoms with Gasteiger partial charge in [0.15, 0.2) is 0 Å². The molecular weight excluding hydrogens is 413 g/mol. The summed E-state index contributed by atoms with van der Waals surface area (Å²) in [4.78, 5) is 0. The summed E-state index contributed by atoms with van der Waals surface area (Å²) in [6.07, 6.45) is 0. The molecule has 168 valence electrons. The Morgan fingerprint density at radius 3 is 0.828 bits per heavy atom. The van der Waals surface area contributed by atoms with Crippen LogP contribution in [-0.2, 0) is 0 Å². The molecule has 0 saturated heterocycles. The Hall–Kier alpha value is -0.692. The molecule has 0 heterocycles. The third-order valence-corrected chi connectivity index (χ3v) is 5.37. The molecule has 0 aliphatic carbocycles. The molecule has 0 radical (unpaired) electrons. The highest BCUT2D eigenvalue weighted by Gasteiger charge is 2.07. The van der Waals surface area contributed by atoms with Gasteiger partial charge in [-0.3, -0.25) is 0 Å². The molecule has 0 aromatic heterocycles. The number of hydrogen-bond donors (Lipinski definition) is 0. The third kappa shape index (κ3) is 32.2. The molecule has 0 aliphatic rings. The van der Waals surface area contributed by atoms with Gasteiger partial charge in [-0.1, -0.05) is 157 Å². The lowest BCUT2D eigenvalue weighted by atomic mass is 10.4. The standard InChI is InChI=1S/C13H14Si.C4H12Si.2C3H10Si.C2H6/c1-14(12-8-4-2-5-9-12)13-10-6-3-7-11-13;1-5(2,3)4;2*1-4(2)3;1-2/h2-11,14H,1H3;1-4H3;2*4H,1-3H3;1-2H3. The van der Waals surface area contributed by atoms with Crippen LogP contribution in [0.25, 0.3) is 0 Å². The third-order valence-electron chi connectivity index (χ3n) is 2.60. The Kier molecular flexibility index (Phi) is 23.4. The van der Waals surface area contributed by atoms with Gasteiger partial charge in [0.2, 0.25) is 0 Å². The van der Waals surface area contributed by atoms with Crippen molar-refractivity contribution >= 4 is 44.8 Å². The maximum absolute atomic E-state index is 2.38. The van der Waals surface area contributed by atoms with Crippen molar-refractivity contribution < 1.29 is 0 Å². The van der Waals surface area contributed by atoms with Crippen LogP contribution in [0.1, 0.15) is 13.8 Å². The number of benzene rings is 2. The quantitative estimate of drug-likeness (QED) is 0.426. The Bertz CT molecular complexity index is 489. The number of rotatable bonds is 2. The average Bonchev–Trinajstić information content (AvgIpc) is 2.62. The van der Waals surface area contributed by atoms with Gasteiger partial charge >= 0.3 is 0 Å². The van der Waals surface area contributed by atoms with E-state index in [4.69, 9.17) is 0 Å². The second-order valence-corrected chi connectivity index (χ2v) is 25.7. The smallest absolute Gasteiger partial charge is 0.0724 e. The van der Waals surface area contributed by atoms with Gasteiger partial charge in [-0.05, 0) is 0 Å². The molecule has 0 unspecified atom stereocenters. The van der Waals surface area contributed by atoms with E-state index in [1.807, 2.05) is 13.8 Å². The summed E-state index contributed by atoms with van der Waals surface area (Å²) in [6.45, 7) is 29.5. The molecule has 0 fully saturated rings. The maximum Gasteiger partial charge on any atom is 0.0997 e. The zero-order valence-electron chi connectivity index (χ0n) is 22.0. The fourth-order valence-electron chi connectivity index (χ4n) is 1.68. The molecule has 2 aromatic carbocycles. The van der Waals surface area contributed by atoms with Crippen LogP contribution in [0.3, 0.4) is 0 Å². The lowest BCUT2D eigenvalue weighted by molar-refractivity contribution is 1.50. The van der Waals surface area contributed by atoms with Gasteiger partial charge in [0.05, 0.1) is 8.80 Å². The van der Waals surface area contributed by atoms with E-state index < -0.39 is 16.9 Å². The summed E-state index contributed by atoms with van der Waals surface area (Å²) >= 11 is 0. The van der Waals surface area contributed by atoms with Crippen LogP contribution >= 0.6 is 0 Å². The van der Waals surface area contributed by atoms with Crippen LogP contribution in [-0.4, -0.2) is 34.5 Å². The van der Waals surface area contributed by atoms with E-state index in [1.165, 1.54) is 10.4 Å². The van der Waals surface area contributed by atoms with Crippen LogP contribution in [0.4, 0.5) is 0 Å². The fraction of sp³-hybridized carbons (Fsp3) is 0.520. The van der Waals surface area contributed by atoms with Crippen molar-refractivity contribution in [2.45, 2.75) is 85.9 Å². The van der Waals surface area contributed by atoms with Crippen molar-refractivity contribution in [2.24, 2.45) is 0 Å².